The first-order valence-electron chi connectivity index (χ1n) is 6.15. The molecule has 0 aliphatic carbocycles. The molecule has 0 saturated carbocycles. The second-order valence-corrected chi connectivity index (χ2v) is 5.01. The van der Waals surface area contributed by atoms with Gasteiger partial charge in [0.2, 0.25) is 5.91 Å². The Morgan fingerprint density at radius 2 is 2.00 bits per heavy atom. The van der Waals surface area contributed by atoms with Crippen LogP contribution < -0.4 is 5.32 Å². The van der Waals surface area contributed by atoms with E-state index in [2.05, 4.69) is 5.32 Å². The summed E-state index contributed by atoms with van der Waals surface area (Å²) in [4.78, 5) is 22.7. The number of anilines is 1. The molecule has 0 radical (unpaired) electrons. The lowest BCUT2D eigenvalue weighted by Crippen LogP contribution is -2.27. The minimum atomic E-state index is -0.908. The number of benzene rings is 1. The van der Waals surface area contributed by atoms with Crippen molar-refractivity contribution in [1.29, 1.82) is 0 Å². The fourth-order valence-corrected chi connectivity index (χ4v) is 1.85. The van der Waals surface area contributed by atoms with E-state index >= 15 is 0 Å². The molecule has 0 aromatic heterocycles. The van der Waals surface area contributed by atoms with Crippen LogP contribution in [0.1, 0.15) is 33.1 Å². The van der Waals surface area contributed by atoms with Crippen LogP contribution >= 0.6 is 0 Å². The molecule has 1 aromatic carbocycles. The first-order chi connectivity index (χ1) is 8.84. The number of phenols is 1. The largest absolute Gasteiger partial charge is 0.508 e. The summed E-state index contributed by atoms with van der Waals surface area (Å²) in [5, 5.41) is 20.8. The normalized spacial score (nSPS) is 13.6. The van der Waals surface area contributed by atoms with Crippen LogP contribution in [-0.2, 0) is 9.59 Å². The van der Waals surface area contributed by atoms with Gasteiger partial charge in [0.15, 0.2) is 0 Å². The number of carbonyl (C=O) groups is 2. The quantitative estimate of drug-likeness (QED) is 0.738. The summed E-state index contributed by atoms with van der Waals surface area (Å²) in [5.74, 6) is -1.09. The number of amides is 1. The number of rotatable bonds is 6. The van der Waals surface area contributed by atoms with E-state index in [0.29, 0.717) is 12.1 Å². The standard InChI is InChI=1S/C14H19NO4/c1-3-14(2,9-13(18)19)8-12(17)15-10-5-4-6-11(16)7-10/h4-7,16H,3,8-9H2,1-2H3,(H,15,17)(H,18,19)/t14-/m1/s1. The Labute approximate surface area is 112 Å². The van der Waals surface area contributed by atoms with Crippen molar-refractivity contribution in [2.75, 3.05) is 5.32 Å². The Balaban J connectivity index is 2.66. The molecule has 104 valence electrons. The highest BCUT2D eigenvalue weighted by molar-refractivity contribution is 5.91. The van der Waals surface area contributed by atoms with Crippen LogP contribution in [0.5, 0.6) is 5.75 Å². The van der Waals surface area contributed by atoms with Gasteiger partial charge >= 0.3 is 5.97 Å². The average Bonchev–Trinajstić information content (AvgIpc) is 2.27. The molecular formula is C14H19NO4. The highest BCUT2D eigenvalue weighted by atomic mass is 16.4. The van der Waals surface area contributed by atoms with Gasteiger partial charge in [0.05, 0.1) is 6.42 Å². The van der Waals surface area contributed by atoms with E-state index < -0.39 is 11.4 Å². The van der Waals surface area contributed by atoms with Gasteiger partial charge in [0.1, 0.15) is 5.75 Å². The Bertz CT molecular complexity index is 472. The fraction of sp³-hybridized carbons (Fsp3) is 0.429. The second-order valence-electron chi connectivity index (χ2n) is 5.01. The third-order valence-electron chi connectivity index (χ3n) is 3.15. The molecule has 1 atom stereocenters. The monoisotopic (exact) mass is 265 g/mol. The summed E-state index contributed by atoms with van der Waals surface area (Å²) in [5.41, 5.74) is -0.0639. The summed E-state index contributed by atoms with van der Waals surface area (Å²) in [7, 11) is 0. The fourth-order valence-electron chi connectivity index (χ4n) is 1.85. The topological polar surface area (TPSA) is 86.6 Å². The Morgan fingerprint density at radius 3 is 2.53 bits per heavy atom. The van der Waals surface area contributed by atoms with Crippen molar-refractivity contribution in [3.8, 4) is 5.75 Å². The number of aliphatic carboxylic acids is 1. The maximum Gasteiger partial charge on any atom is 0.303 e. The molecule has 0 spiro atoms. The molecule has 1 amide bonds. The molecule has 5 nitrogen and oxygen atoms in total. The van der Waals surface area contributed by atoms with E-state index in [1.54, 1.807) is 19.1 Å². The van der Waals surface area contributed by atoms with Crippen LogP contribution in [0.3, 0.4) is 0 Å². The van der Waals surface area contributed by atoms with Gasteiger partial charge in [0, 0.05) is 18.2 Å². The molecular weight excluding hydrogens is 246 g/mol. The summed E-state index contributed by atoms with van der Waals surface area (Å²) < 4.78 is 0. The van der Waals surface area contributed by atoms with E-state index in [9.17, 15) is 14.7 Å². The molecule has 0 aliphatic rings. The van der Waals surface area contributed by atoms with Crippen LogP contribution in [0.4, 0.5) is 5.69 Å². The van der Waals surface area contributed by atoms with Crippen LogP contribution in [0, 0.1) is 5.41 Å². The molecule has 1 aromatic rings. The van der Waals surface area contributed by atoms with Gasteiger partial charge in [0.25, 0.3) is 0 Å². The Kier molecular flexibility index (Phi) is 4.92. The molecule has 0 heterocycles. The SMILES string of the molecule is CC[C@@](C)(CC(=O)O)CC(=O)Nc1cccc(O)c1. The molecule has 5 heteroatoms. The van der Waals surface area contributed by atoms with Gasteiger partial charge in [-0.3, -0.25) is 9.59 Å². The highest BCUT2D eigenvalue weighted by Gasteiger charge is 2.28. The van der Waals surface area contributed by atoms with Gasteiger partial charge in [-0.15, -0.1) is 0 Å². The lowest BCUT2D eigenvalue weighted by Gasteiger charge is -2.25. The summed E-state index contributed by atoms with van der Waals surface area (Å²) in [6.45, 7) is 3.65. The number of carbonyl (C=O) groups excluding carboxylic acids is 1. The molecule has 0 aliphatic heterocycles. The van der Waals surface area contributed by atoms with E-state index in [1.165, 1.54) is 12.1 Å². The smallest absolute Gasteiger partial charge is 0.303 e. The number of nitrogens with one attached hydrogen (secondary N) is 1. The predicted molar refractivity (Wildman–Crippen MR) is 72.0 cm³/mol. The number of hydrogen-bond donors (Lipinski definition) is 3. The molecule has 1 rings (SSSR count). The van der Waals surface area contributed by atoms with Crippen molar-refractivity contribution in [2.24, 2.45) is 5.41 Å². The summed E-state index contributed by atoms with van der Waals surface area (Å²) in [6.07, 6.45) is 0.690. The third-order valence-corrected chi connectivity index (χ3v) is 3.15. The predicted octanol–water partition coefficient (Wildman–Crippen LogP) is 2.61. The highest BCUT2D eigenvalue weighted by Crippen LogP contribution is 2.30. The zero-order chi connectivity index (χ0) is 14.5. The number of hydrogen-bond acceptors (Lipinski definition) is 3. The maximum atomic E-state index is 11.9. The zero-order valence-corrected chi connectivity index (χ0v) is 11.1. The lowest BCUT2D eigenvalue weighted by molar-refractivity contribution is -0.140. The van der Waals surface area contributed by atoms with Crippen LogP contribution in [0.15, 0.2) is 24.3 Å². The summed E-state index contributed by atoms with van der Waals surface area (Å²) in [6, 6.07) is 6.24. The first-order valence-corrected chi connectivity index (χ1v) is 6.15. The molecule has 0 saturated heterocycles. The van der Waals surface area contributed by atoms with Crippen molar-refractivity contribution in [3.05, 3.63) is 24.3 Å². The molecule has 0 bridgehead atoms. The van der Waals surface area contributed by atoms with Crippen molar-refractivity contribution in [2.45, 2.75) is 33.1 Å². The number of carboxylic acids is 1. The first kappa shape index (κ1) is 15.0. The molecule has 3 N–H and O–H groups in total. The van der Waals surface area contributed by atoms with E-state index in [1.807, 2.05) is 6.92 Å². The van der Waals surface area contributed by atoms with E-state index in [4.69, 9.17) is 5.11 Å². The van der Waals surface area contributed by atoms with Crippen molar-refractivity contribution < 1.29 is 19.8 Å². The number of phenolic OH excluding ortho intramolecular Hbond substituents is 1. The Morgan fingerprint density at radius 1 is 1.32 bits per heavy atom. The maximum absolute atomic E-state index is 11.9. The third kappa shape index (κ3) is 4.99. The van der Waals surface area contributed by atoms with Crippen LogP contribution in [-0.4, -0.2) is 22.1 Å². The minimum absolute atomic E-state index is 0.0447. The number of aromatic hydroxyl groups is 1. The molecule has 19 heavy (non-hydrogen) atoms. The van der Waals surface area contributed by atoms with Gasteiger partial charge < -0.3 is 15.5 Å². The van der Waals surface area contributed by atoms with E-state index in [0.717, 1.165) is 0 Å². The van der Waals surface area contributed by atoms with Crippen LogP contribution in [0.25, 0.3) is 0 Å². The van der Waals surface area contributed by atoms with Gasteiger partial charge in [-0.25, -0.2) is 0 Å². The average molecular weight is 265 g/mol. The van der Waals surface area contributed by atoms with Crippen molar-refractivity contribution in [1.82, 2.24) is 0 Å². The van der Waals surface area contributed by atoms with Crippen molar-refractivity contribution >= 4 is 17.6 Å². The lowest BCUT2D eigenvalue weighted by atomic mass is 9.80. The van der Waals surface area contributed by atoms with Crippen LogP contribution in [0.2, 0.25) is 0 Å². The Hall–Kier alpha value is -2.04. The molecule has 0 fully saturated rings. The summed E-state index contributed by atoms with van der Waals surface area (Å²) >= 11 is 0. The van der Waals surface area contributed by atoms with Gasteiger partial charge in [-0.1, -0.05) is 19.9 Å². The van der Waals surface area contributed by atoms with E-state index in [-0.39, 0.29) is 24.5 Å². The zero-order valence-electron chi connectivity index (χ0n) is 11.1. The van der Waals surface area contributed by atoms with Crippen molar-refractivity contribution in [3.63, 3.8) is 0 Å². The van der Waals surface area contributed by atoms with Gasteiger partial charge in [-0.05, 0) is 24.0 Å². The number of carboxylic acid groups (broad SMARTS) is 1. The minimum Gasteiger partial charge on any atom is -0.508 e. The van der Waals surface area contributed by atoms with Gasteiger partial charge in [-0.2, -0.15) is 0 Å². The molecule has 0 unspecified atom stereocenters. The second kappa shape index (κ2) is 6.22.